The van der Waals surface area contributed by atoms with E-state index in [0.717, 1.165) is 29.9 Å². The molecule has 0 aliphatic heterocycles. The fraction of sp³-hybridized carbons (Fsp3) is 0.500. The van der Waals surface area contributed by atoms with E-state index in [1.54, 1.807) is 7.11 Å². The number of nitrogen functional groups attached to an aromatic ring is 1. The van der Waals surface area contributed by atoms with Gasteiger partial charge in [0.15, 0.2) is 0 Å². The molecule has 0 atom stereocenters. The minimum atomic E-state index is 0.279. The molecule has 0 bridgehead atoms. The summed E-state index contributed by atoms with van der Waals surface area (Å²) in [6.45, 7) is 1.07. The number of rotatable bonds is 6. The van der Waals surface area contributed by atoms with Gasteiger partial charge in [0, 0.05) is 25.1 Å². The van der Waals surface area contributed by atoms with Gasteiger partial charge in [-0.05, 0) is 18.9 Å². The number of nitrogens with zero attached hydrogens (tertiary/aromatic N) is 3. The van der Waals surface area contributed by atoms with Crippen molar-refractivity contribution in [1.29, 1.82) is 0 Å². The maximum Gasteiger partial charge on any atom is 0.222 e. The van der Waals surface area contributed by atoms with E-state index in [4.69, 9.17) is 16.2 Å². The summed E-state index contributed by atoms with van der Waals surface area (Å²) in [5.74, 6) is 1.39. The van der Waals surface area contributed by atoms with Crippen molar-refractivity contribution in [1.82, 2.24) is 20.2 Å². The summed E-state index contributed by atoms with van der Waals surface area (Å²) in [6.07, 6.45) is 1.91. The third-order valence-corrected chi connectivity index (χ3v) is 3.79. The van der Waals surface area contributed by atoms with Gasteiger partial charge in [0.2, 0.25) is 5.95 Å². The van der Waals surface area contributed by atoms with Crippen LogP contribution in [0.15, 0.2) is 12.1 Å². The molecule has 2 aromatic rings. The van der Waals surface area contributed by atoms with Crippen molar-refractivity contribution < 1.29 is 4.74 Å². The van der Waals surface area contributed by atoms with Crippen LogP contribution in [0.2, 0.25) is 0 Å². The second-order valence-electron chi connectivity index (χ2n) is 5.64. The lowest BCUT2D eigenvalue weighted by Crippen LogP contribution is -2.35. The Morgan fingerprint density at radius 3 is 2.91 bits per heavy atom. The smallest absolute Gasteiger partial charge is 0.222 e. The van der Waals surface area contributed by atoms with Gasteiger partial charge in [-0.25, -0.2) is 4.98 Å². The molecule has 118 valence electrons. The predicted octanol–water partition coefficient (Wildman–Crippen LogP) is 0.745. The first kappa shape index (κ1) is 14.7. The first-order valence-corrected chi connectivity index (χ1v) is 7.30. The van der Waals surface area contributed by atoms with Crippen LogP contribution in [0.3, 0.4) is 0 Å². The lowest BCUT2D eigenvalue weighted by molar-refractivity contribution is 0.181. The van der Waals surface area contributed by atoms with Gasteiger partial charge >= 0.3 is 0 Å². The molecular weight excluding hydrogens is 282 g/mol. The fourth-order valence-electron chi connectivity index (χ4n) is 2.60. The van der Waals surface area contributed by atoms with Gasteiger partial charge in [-0.3, -0.25) is 5.10 Å². The Bertz CT molecular complexity index is 636. The Labute approximate surface area is 128 Å². The van der Waals surface area contributed by atoms with Gasteiger partial charge in [0.25, 0.3) is 0 Å². The van der Waals surface area contributed by atoms with Crippen molar-refractivity contribution in [2.75, 3.05) is 18.2 Å². The highest BCUT2D eigenvalue weighted by Gasteiger charge is 2.29. The van der Waals surface area contributed by atoms with Crippen molar-refractivity contribution in [2.45, 2.75) is 38.0 Å². The Morgan fingerprint density at radius 1 is 1.36 bits per heavy atom. The maximum absolute atomic E-state index is 5.83. The van der Waals surface area contributed by atoms with Crippen LogP contribution in [0.5, 0.6) is 0 Å². The fourth-order valence-corrected chi connectivity index (χ4v) is 2.60. The van der Waals surface area contributed by atoms with E-state index in [1.165, 1.54) is 0 Å². The molecule has 6 N–H and O–H groups in total. The highest BCUT2D eigenvalue weighted by atomic mass is 16.5. The largest absolute Gasteiger partial charge is 0.378 e. The lowest BCUT2D eigenvalue weighted by Gasteiger charge is -2.32. The quantitative estimate of drug-likeness (QED) is 0.619. The number of ether oxygens (including phenoxy) is 1. The van der Waals surface area contributed by atoms with E-state index in [2.05, 4.69) is 25.5 Å². The Hall–Kier alpha value is -2.19. The first-order valence-electron chi connectivity index (χ1n) is 7.30. The molecule has 0 spiro atoms. The monoisotopic (exact) mass is 303 g/mol. The number of nitrogens with two attached hydrogens (primary N) is 2. The molecule has 0 saturated heterocycles. The van der Waals surface area contributed by atoms with Gasteiger partial charge in [-0.2, -0.15) is 10.1 Å². The van der Waals surface area contributed by atoms with Gasteiger partial charge in [-0.15, -0.1) is 0 Å². The van der Waals surface area contributed by atoms with Crippen LogP contribution in [-0.4, -0.2) is 33.3 Å². The number of anilines is 2. The molecule has 1 aliphatic rings. The lowest BCUT2D eigenvalue weighted by atomic mass is 9.78. The molecule has 1 aliphatic carbocycles. The molecule has 8 nitrogen and oxygen atoms in total. The zero-order valence-corrected chi connectivity index (χ0v) is 12.5. The number of hydrogen-bond acceptors (Lipinski definition) is 7. The van der Waals surface area contributed by atoms with Gasteiger partial charge in [0.05, 0.1) is 30.2 Å². The first-order chi connectivity index (χ1) is 10.6. The van der Waals surface area contributed by atoms with E-state index >= 15 is 0 Å². The van der Waals surface area contributed by atoms with Crippen LogP contribution in [-0.2, 0) is 17.9 Å². The van der Waals surface area contributed by atoms with Crippen LogP contribution in [0.25, 0.3) is 0 Å². The highest BCUT2D eigenvalue weighted by molar-refractivity contribution is 5.42. The Kier molecular flexibility index (Phi) is 4.21. The molecule has 8 heteroatoms. The molecule has 1 fully saturated rings. The maximum atomic E-state index is 5.83. The van der Waals surface area contributed by atoms with E-state index < -0.39 is 0 Å². The van der Waals surface area contributed by atoms with E-state index in [-0.39, 0.29) is 12.0 Å². The van der Waals surface area contributed by atoms with Crippen molar-refractivity contribution in [2.24, 2.45) is 5.73 Å². The van der Waals surface area contributed by atoms with E-state index in [0.29, 0.717) is 24.9 Å². The molecule has 0 aromatic carbocycles. The van der Waals surface area contributed by atoms with E-state index in [9.17, 15) is 0 Å². The van der Waals surface area contributed by atoms with Crippen LogP contribution in [0, 0.1) is 0 Å². The number of methoxy groups -OCH3 is 1. The average molecular weight is 303 g/mol. The molecule has 1 saturated carbocycles. The summed E-state index contributed by atoms with van der Waals surface area (Å²) in [5, 5.41) is 10.3. The zero-order chi connectivity index (χ0) is 15.5. The van der Waals surface area contributed by atoms with Crippen molar-refractivity contribution in [3.05, 3.63) is 29.2 Å². The minimum Gasteiger partial charge on any atom is -0.378 e. The zero-order valence-electron chi connectivity index (χ0n) is 12.5. The number of aromatic amines is 1. The molecular formula is C14H21N7O. The third kappa shape index (κ3) is 3.34. The van der Waals surface area contributed by atoms with Crippen LogP contribution in [0.4, 0.5) is 11.8 Å². The minimum absolute atomic E-state index is 0.279. The van der Waals surface area contributed by atoms with Gasteiger partial charge < -0.3 is 21.5 Å². The summed E-state index contributed by atoms with van der Waals surface area (Å²) in [6, 6.07) is 4.17. The molecule has 3 rings (SSSR count). The predicted molar refractivity (Wildman–Crippen MR) is 83.0 cm³/mol. The Balaban J connectivity index is 1.64. The summed E-state index contributed by atoms with van der Waals surface area (Å²) in [7, 11) is 1.64. The summed E-state index contributed by atoms with van der Waals surface area (Å²) in [5.41, 5.74) is 14.4. The number of H-pyrrole nitrogens is 1. The molecule has 22 heavy (non-hydrogen) atoms. The van der Waals surface area contributed by atoms with E-state index in [1.807, 2.05) is 12.1 Å². The second kappa shape index (κ2) is 6.29. The van der Waals surface area contributed by atoms with Crippen LogP contribution < -0.4 is 16.8 Å². The molecule has 0 amide bonds. The highest BCUT2D eigenvalue weighted by Crippen LogP contribution is 2.35. The Morgan fingerprint density at radius 2 is 2.18 bits per heavy atom. The second-order valence-corrected chi connectivity index (χ2v) is 5.64. The number of nitrogens with one attached hydrogen (secondary N) is 2. The topological polar surface area (TPSA) is 128 Å². The van der Waals surface area contributed by atoms with Gasteiger partial charge in [-0.1, -0.05) is 0 Å². The molecule has 0 unspecified atom stereocenters. The van der Waals surface area contributed by atoms with Gasteiger partial charge in [0.1, 0.15) is 5.82 Å². The summed E-state index contributed by atoms with van der Waals surface area (Å²) >= 11 is 0. The standard InChI is InChI=1S/C14H21N7O/c1-22-7-11-4-10(20-21-11)6-17-13-5-12(18-14(16)19-13)8-2-9(15)3-8/h4-5,8-9H,2-3,6-7,15H2,1H3,(H,20,21)(H3,16,17,18,19). The molecule has 2 heterocycles. The molecule has 2 aromatic heterocycles. The van der Waals surface area contributed by atoms with Crippen molar-refractivity contribution in [3.63, 3.8) is 0 Å². The molecule has 0 radical (unpaired) electrons. The normalized spacial score (nSPS) is 20.6. The number of aromatic nitrogens is 4. The van der Waals surface area contributed by atoms with Crippen molar-refractivity contribution in [3.8, 4) is 0 Å². The third-order valence-electron chi connectivity index (χ3n) is 3.79. The van der Waals surface area contributed by atoms with Crippen molar-refractivity contribution >= 4 is 11.8 Å². The SMILES string of the molecule is COCc1cc(CNc2cc(C3CC(N)C3)nc(N)n2)[nH]n1. The average Bonchev–Trinajstić information content (AvgIpc) is 2.89. The van der Waals surface area contributed by atoms with Crippen LogP contribution in [0.1, 0.15) is 35.8 Å². The van der Waals surface area contributed by atoms with Crippen LogP contribution >= 0.6 is 0 Å². The summed E-state index contributed by atoms with van der Waals surface area (Å²) in [4.78, 5) is 8.53. The summed E-state index contributed by atoms with van der Waals surface area (Å²) < 4.78 is 5.04. The number of hydrogen-bond donors (Lipinski definition) is 4.